The molecule has 2 N–H and O–H groups in total. The smallest absolute Gasteiger partial charge is 0.321 e. The molecule has 0 radical (unpaired) electrons. The number of phenolic OH excluding ortho intramolecular Hbond substituents is 1. The predicted octanol–water partition coefficient (Wildman–Crippen LogP) is 2.20. The quantitative estimate of drug-likeness (QED) is 0.375. The maximum Gasteiger partial charge on any atom is 0.321 e. The van der Waals surface area contributed by atoms with E-state index in [1.54, 1.807) is 12.1 Å². The van der Waals surface area contributed by atoms with E-state index in [2.05, 4.69) is 14.4 Å². The van der Waals surface area contributed by atoms with Crippen LogP contribution in [0.25, 0.3) is 20.9 Å². The van der Waals surface area contributed by atoms with Crippen molar-refractivity contribution in [3.8, 4) is 5.75 Å². The summed E-state index contributed by atoms with van der Waals surface area (Å²) < 4.78 is 24.3. The number of nitrogens with one attached hydrogen (secondary N) is 1. The number of phenols is 1. The van der Waals surface area contributed by atoms with Crippen molar-refractivity contribution in [3.05, 3.63) is 45.2 Å². The van der Waals surface area contributed by atoms with Crippen LogP contribution in [0.15, 0.2) is 33.3 Å². The lowest BCUT2D eigenvalue weighted by molar-refractivity contribution is -0.114. The average Bonchev–Trinajstić information content (AvgIpc) is 2.32. The predicted molar refractivity (Wildman–Crippen MR) is 69.6 cm³/mol. The Hall–Kier alpha value is -2.94. The Balaban J connectivity index is 0.000000370. The van der Waals surface area contributed by atoms with E-state index in [0.29, 0.717) is 5.69 Å². The van der Waals surface area contributed by atoms with E-state index in [0.717, 1.165) is 0 Å². The van der Waals surface area contributed by atoms with Gasteiger partial charge in [-0.2, -0.15) is 0 Å². The molecule has 1 aromatic rings. The fourth-order valence-electron chi connectivity index (χ4n) is 0.857. The number of hydrogen-bond donors (Lipinski definition) is 2. The van der Waals surface area contributed by atoms with Crippen LogP contribution in [-0.4, -0.2) is 19.4 Å². The van der Waals surface area contributed by atoms with Crippen molar-refractivity contribution in [2.45, 2.75) is 6.92 Å². The highest BCUT2D eigenvalue weighted by Crippen LogP contribution is 2.13. The molecule has 0 atom stereocenters. The Morgan fingerprint density at radius 3 is 2.00 bits per heavy atom. The minimum Gasteiger partial charge on any atom is -0.508 e. The molecule has 0 fully saturated rings. The fraction of sp³-hybridized carbons (Fsp3) is 0.125. The highest BCUT2D eigenvalue weighted by Gasteiger charge is 1.99. The summed E-state index contributed by atoms with van der Waals surface area (Å²) in [7, 11) is -4.27. The maximum atomic E-state index is 10.5. The molecule has 106 valence electrons. The number of carbonyl (C=O) groups excluding carboxylic acids is 1. The van der Waals surface area contributed by atoms with Crippen molar-refractivity contribution in [1.29, 1.82) is 0 Å². The summed E-state index contributed by atoms with van der Waals surface area (Å²) in [5.41, 5.74) is 15.7. The number of amides is 1. The molecule has 1 aromatic carbocycles. The lowest BCUT2D eigenvalue weighted by Gasteiger charge is -1.99. The van der Waals surface area contributed by atoms with Crippen molar-refractivity contribution in [3.63, 3.8) is 0 Å². The molecule has 12 heteroatoms. The zero-order chi connectivity index (χ0) is 15.6. The molecule has 0 spiro atoms. The van der Waals surface area contributed by atoms with Crippen molar-refractivity contribution in [2.24, 2.45) is 9.04 Å². The standard InChI is InChI=1S/C8H9NO2.N6O2S/c1-6(10)9-7-2-4-8(11)5-3-7;1-3-5-9(7,8)6-4-2/h2-5,11H,1H3,(H,9,10);. The molecule has 11 nitrogen and oxygen atoms in total. The summed E-state index contributed by atoms with van der Waals surface area (Å²) in [5, 5.41) is 11.5. The van der Waals surface area contributed by atoms with Crippen LogP contribution in [0, 0.1) is 0 Å². The topological polar surface area (TPSA) is 181 Å². The first-order valence-electron chi connectivity index (χ1n) is 4.75. The highest BCUT2D eigenvalue weighted by atomic mass is 32.2. The Morgan fingerprint density at radius 2 is 1.65 bits per heavy atom. The largest absolute Gasteiger partial charge is 0.508 e. The Bertz CT molecular complexity index is 633. The normalized spacial score (nSPS) is 9.05. The SMILES string of the molecule is CC(=O)Nc1ccc(O)cc1.[N-]=[N+]=NS(=O)(=O)N=[N+]=[N-]. The molecule has 0 bridgehead atoms. The second-order valence-corrected chi connectivity index (χ2v) is 4.24. The summed E-state index contributed by atoms with van der Waals surface area (Å²) >= 11 is 0. The van der Waals surface area contributed by atoms with Gasteiger partial charge in [-0.25, -0.2) is 8.42 Å². The summed E-state index contributed by atoms with van der Waals surface area (Å²) in [6, 6.07) is 6.31. The van der Waals surface area contributed by atoms with Gasteiger partial charge >= 0.3 is 10.2 Å². The molecular formula is C8H9N7O4S. The van der Waals surface area contributed by atoms with Crippen LogP contribution in [-0.2, 0) is 15.0 Å². The van der Waals surface area contributed by atoms with E-state index in [-0.39, 0.29) is 11.7 Å². The Morgan fingerprint density at radius 1 is 1.20 bits per heavy atom. The molecule has 20 heavy (non-hydrogen) atoms. The van der Waals surface area contributed by atoms with Gasteiger partial charge in [0.1, 0.15) is 5.75 Å². The summed E-state index contributed by atoms with van der Waals surface area (Å²) in [6.45, 7) is 1.44. The zero-order valence-electron chi connectivity index (χ0n) is 10.1. The van der Waals surface area contributed by atoms with Gasteiger partial charge < -0.3 is 10.4 Å². The molecule has 0 heterocycles. The first-order chi connectivity index (χ1) is 9.30. The van der Waals surface area contributed by atoms with Crippen molar-refractivity contribution >= 4 is 21.8 Å². The molecule has 0 aliphatic rings. The van der Waals surface area contributed by atoms with Gasteiger partial charge in [-0.1, -0.05) is 0 Å². The average molecular weight is 299 g/mol. The van der Waals surface area contributed by atoms with Crippen molar-refractivity contribution < 1.29 is 18.3 Å². The van der Waals surface area contributed by atoms with Gasteiger partial charge in [0, 0.05) is 31.5 Å². The fourth-order valence-corrected chi connectivity index (χ4v) is 1.07. The molecule has 0 saturated heterocycles. The second kappa shape index (κ2) is 8.21. The first kappa shape index (κ1) is 17.1. The number of carbonyl (C=O) groups is 1. The molecular weight excluding hydrogens is 290 g/mol. The van der Waals surface area contributed by atoms with Gasteiger partial charge in [-0.3, -0.25) is 4.79 Å². The minimum atomic E-state index is -4.27. The van der Waals surface area contributed by atoms with Crippen LogP contribution in [0.2, 0.25) is 0 Å². The van der Waals surface area contributed by atoms with Crippen LogP contribution in [0.4, 0.5) is 5.69 Å². The number of aromatic hydroxyl groups is 1. The number of nitrogens with zero attached hydrogens (tertiary/aromatic N) is 6. The molecule has 1 amide bonds. The van der Waals surface area contributed by atoms with E-state index >= 15 is 0 Å². The van der Waals surface area contributed by atoms with E-state index in [1.807, 2.05) is 9.82 Å². The van der Waals surface area contributed by atoms with Gasteiger partial charge in [0.2, 0.25) is 5.91 Å². The van der Waals surface area contributed by atoms with Gasteiger partial charge in [0.05, 0.1) is 0 Å². The Labute approximate surface area is 113 Å². The number of benzene rings is 1. The van der Waals surface area contributed by atoms with Crippen LogP contribution in [0.5, 0.6) is 5.75 Å². The maximum absolute atomic E-state index is 10.5. The molecule has 0 aliphatic heterocycles. The van der Waals surface area contributed by atoms with Crippen LogP contribution >= 0.6 is 0 Å². The number of rotatable bonds is 3. The van der Waals surface area contributed by atoms with E-state index in [4.69, 9.17) is 16.2 Å². The van der Waals surface area contributed by atoms with E-state index < -0.39 is 10.2 Å². The van der Waals surface area contributed by atoms with Crippen molar-refractivity contribution in [1.82, 2.24) is 0 Å². The summed E-state index contributed by atoms with van der Waals surface area (Å²) in [5.74, 6) is 0.0785. The van der Waals surface area contributed by atoms with E-state index in [1.165, 1.54) is 19.1 Å². The highest BCUT2D eigenvalue weighted by molar-refractivity contribution is 7.88. The summed E-state index contributed by atoms with van der Waals surface area (Å²) in [4.78, 5) is 14.3. The number of azide groups is 1. The van der Waals surface area contributed by atoms with Gasteiger partial charge in [0.25, 0.3) is 0 Å². The zero-order valence-corrected chi connectivity index (χ0v) is 10.9. The van der Waals surface area contributed by atoms with E-state index in [9.17, 15) is 13.2 Å². The number of hydrogen-bond acceptors (Lipinski definition) is 4. The van der Waals surface area contributed by atoms with Crippen LogP contribution in [0.3, 0.4) is 0 Å². The molecule has 0 aromatic heterocycles. The van der Waals surface area contributed by atoms with Gasteiger partial charge in [-0.15, -0.1) is 0 Å². The third kappa shape index (κ3) is 8.20. The first-order valence-corrected chi connectivity index (χ1v) is 6.14. The van der Waals surface area contributed by atoms with Crippen LogP contribution in [0.1, 0.15) is 6.92 Å². The van der Waals surface area contributed by atoms with Gasteiger partial charge in [-0.05, 0) is 35.3 Å². The Kier molecular flexibility index (Phi) is 7.01. The van der Waals surface area contributed by atoms with Gasteiger partial charge in [0.15, 0.2) is 0 Å². The monoisotopic (exact) mass is 299 g/mol. The molecule has 0 unspecified atom stereocenters. The second-order valence-electron chi connectivity index (χ2n) is 3.02. The summed E-state index contributed by atoms with van der Waals surface area (Å²) in [6.07, 6.45) is 0. The van der Waals surface area contributed by atoms with Crippen molar-refractivity contribution in [2.75, 3.05) is 5.32 Å². The molecule has 0 aliphatic carbocycles. The molecule has 0 saturated carbocycles. The van der Waals surface area contributed by atoms with Crippen LogP contribution < -0.4 is 5.32 Å². The lowest BCUT2D eigenvalue weighted by atomic mass is 10.3. The third-order valence-electron chi connectivity index (χ3n) is 1.47. The minimum absolute atomic E-state index is 0.115. The molecule has 1 rings (SSSR count). The third-order valence-corrected chi connectivity index (χ3v) is 2.03. The number of anilines is 1. The lowest BCUT2D eigenvalue weighted by Crippen LogP contribution is -2.04.